The highest BCUT2D eigenvalue weighted by Gasteiger charge is 2.35. The monoisotopic (exact) mass is 295 g/mol. The van der Waals surface area contributed by atoms with E-state index in [2.05, 4.69) is 0 Å². The van der Waals surface area contributed by atoms with Crippen LogP contribution in [0.4, 0.5) is 0 Å². The van der Waals surface area contributed by atoms with Gasteiger partial charge in [0.2, 0.25) is 0 Å². The van der Waals surface area contributed by atoms with Crippen molar-refractivity contribution >= 4 is 11.8 Å². The number of carbonyl (C=O) groups excluding carboxylic acids is 2. The Bertz CT molecular complexity index is 749. The van der Waals surface area contributed by atoms with Gasteiger partial charge in [0.25, 0.3) is 11.8 Å². The molecule has 0 radical (unpaired) electrons. The molecular formula is C17H13NO4. The summed E-state index contributed by atoms with van der Waals surface area (Å²) in [6.45, 7) is 1.15. The van der Waals surface area contributed by atoms with E-state index < -0.39 is 0 Å². The van der Waals surface area contributed by atoms with E-state index >= 15 is 0 Å². The van der Waals surface area contributed by atoms with Gasteiger partial charge in [-0.15, -0.1) is 0 Å². The van der Waals surface area contributed by atoms with Crippen molar-refractivity contribution in [3.63, 3.8) is 0 Å². The minimum atomic E-state index is -0.269. The molecule has 22 heavy (non-hydrogen) atoms. The molecular weight excluding hydrogens is 282 g/mol. The number of amides is 2. The van der Waals surface area contributed by atoms with Gasteiger partial charge in [-0.3, -0.25) is 14.5 Å². The van der Waals surface area contributed by atoms with Crippen molar-refractivity contribution < 1.29 is 19.1 Å². The molecule has 2 aliphatic heterocycles. The Balaban J connectivity index is 1.69. The summed E-state index contributed by atoms with van der Waals surface area (Å²) < 4.78 is 11.2. The summed E-state index contributed by atoms with van der Waals surface area (Å²) in [7, 11) is 0. The number of nitrogens with zero attached hydrogens (tertiary/aromatic N) is 1. The van der Waals surface area contributed by atoms with Crippen LogP contribution in [-0.4, -0.2) is 29.9 Å². The lowest BCUT2D eigenvalue weighted by Crippen LogP contribution is -2.29. The van der Waals surface area contributed by atoms with Crippen molar-refractivity contribution in [2.24, 2.45) is 0 Å². The molecule has 5 nitrogen and oxygen atoms in total. The van der Waals surface area contributed by atoms with Crippen LogP contribution >= 0.6 is 0 Å². The number of para-hydroxylation sites is 1. The average molecular weight is 295 g/mol. The maximum atomic E-state index is 12.4. The quantitative estimate of drug-likeness (QED) is 0.797. The highest BCUT2D eigenvalue weighted by Crippen LogP contribution is 2.35. The van der Waals surface area contributed by atoms with Crippen molar-refractivity contribution in [2.45, 2.75) is 6.54 Å². The van der Waals surface area contributed by atoms with Crippen LogP contribution in [0.3, 0.4) is 0 Å². The van der Waals surface area contributed by atoms with Gasteiger partial charge in [-0.1, -0.05) is 24.3 Å². The first-order chi connectivity index (χ1) is 10.8. The van der Waals surface area contributed by atoms with Crippen LogP contribution in [0.15, 0.2) is 42.5 Å². The molecule has 0 saturated carbocycles. The molecule has 0 atom stereocenters. The third-order valence-electron chi connectivity index (χ3n) is 3.85. The highest BCUT2D eigenvalue weighted by molar-refractivity contribution is 6.21. The summed E-state index contributed by atoms with van der Waals surface area (Å²) in [5.41, 5.74) is 1.68. The fourth-order valence-corrected chi connectivity index (χ4v) is 2.81. The maximum Gasteiger partial charge on any atom is 0.261 e. The molecule has 0 bridgehead atoms. The molecule has 0 aromatic heterocycles. The predicted molar refractivity (Wildman–Crippen MR) is 78.1 cm³/mol. The number of carbonyl (C=O) groups is 2. The summed E-state index contributed by atoms with van der Waals surface area (Å²) in [5.74, 6) is 0.732. The Morgan fingerprint density at radius 3 is 2.27 bits per heavy atom. The molecule has 0 N–H and O–H groups in total. The summed E-state index contributed by atoms with van der Waals surface area (Å²) in [6, 6.07) is 12.4. The van der Waals surface area contributed by atoms with Crippen LogP contribution < -0.4 is 9.47 Å². The lowest BCUT2D eigenvalue weighted by molar-refractivity contribution is 0.0639. The summed E-state index contributed by atoms with van der Waals surface area (Å²) in [6.07, 6.45) is 0. The van der Waals surface area contributed by atoms with E-state index in [1.165, 1.54) is 4.90 Å². The molecule has 2 amide bonds. The summed E-state index contributed by atoms with van der Waals surface area (Å²) in [5, 5.41) is 0. The minimum Gasteiger partial charge on any atom is -0.486 e. The van der Waals surface area contributed by atoms with Gasteiger partial charge in [0.1, 0.15) is 13.2 Å². The van der Waals surface area contributed by atoms with Gasteiger partial charge in [-0.2, -0.15) is 0 Å². The zero-order valence-electron chi connectivity index (χ0n) is 11.7. The molecule has 0 fully saturated rings. The first kappa shape index (κ1) is 12.9. The number of benzene rings is 2. The molecule has 0 aliphatic carbocycles. The highest BCUT2D eigenvalue weighted by atomic mass is 16.6. The molecule has 0 saturated heterocycles. The Kier molecular flexibility index (Phi) is 2.85. The van der Waals surface area contributed by atoms with Gasteiger partial charge in [0.05, 0.1) is 17.7 Å². The van der Waals surface area contributed by atoms with E-state index in [0.717, 1.165) is 5.56 Å². The van der Waals surface area contributed by atoms with Gasteiger partial charge in [-0.05, 0) is 18.2 Å². The second-order valence-corrected chi connectivity index (χ2v) is 5.18. The normalized spacial score (nSPS) is 15.9. The van der Waals surface area contributed by atoms with E-state index in [4.69, 9.17) is 9.47 Å². The number of fused-ring (bicyclic) bond motifs is 2. The second-order valence-electron chi connectivity index (χ2n) is 5.18. The lowest BCUT2D eigenvalue weighted by Gasteiger charge is -2.22. The largest absolute Gasteiger partial charge is 0.486 e. The van der Waals surface area contributed by atoms with Crippen LogP contribution in [0, 0.1) is 0 Å². The number of ether oxygens (including phenoxy) is 2. The fourth-order valence-electron chi connectivity index (χ4n) is 2.81. The van der Waals surface area contributed by atoms with E-state index in [-0.39, 0.29) is 18.4 Å². The third-order valence-corrected chi connectivity index (χ3v) is 3.85. The van der Waals surface area contributed by atoms with E-state index in [1.54, 1.807) is 24.3 Å². The van der Waals surface area contributed by atoms with E-state index in [9.17, 15) is 9.59 Å². The van der Waals surface area contributed by atoms with Gasteiger partial charge in [-0.25, -0.2) is 0 Å². The Hall–Kier alpha value is -2.82. The van der Waals surface area contributed by atoms with Crippen LogP contribution in [0.2, 0.25) is 0 Å². The topological polar surface area (TPSA) is 55.8 Å². The first-order valence-corrected chi connectivity index (χ1v) is 7.08. The second kappa shape index (κ2) is 4.87. The van der Waals surface area contributed by atoms with Crippen molar-refractivity contribution in [3.8, 4) is 11.5 Å². The molecule has 0 unspecified atom stereocenters. The zero-order valence-corrected chi connectivity index (χ0v) is 11.7. The SMILES string of the molecule is O=C1c2ccccc2C(=O)N1Cc1cccc2c1OCCO2. The van der Waals surface area contributed by atoms with Crippen molar-refractivity contribution in [1.82, 2.24) is 4.90 Å². The minimum absolute atomic E-state index is 0.179. The first-order valence-electron chi connectivity index (χ1n) is 7.08. The Morgan fingerprint density at radius 1 is 0.864 bits per heavy atom. The molecule has 0 spiro atoms. The molecule has 4 rings (SSSR count). The van der Waals surface area contributed by atoms with E-state index in [0.29, 0.717) is 35.8 Å². The predicted octanol–water partition coefficient (Wildman–Crippen LogP) is 2.25. The summed E-state index contributed by atoms with van der Waals surface area (Å²) in [4.78, 5) is 26.1. The Labute approximate surface area is 127 Å². The smallest absolute Gasteiger partial charge is 0.261 e. The number of hydrogen-bond acceptors (Lipinski definition) is 4. The summed E-state index contributed by atoms with van der Waals surface area (Å²) >= 11 is 0. The van der Waals surface area contributed by atoms with Crippen LogP contribution in [0.5, 0.6) is 11.5 Å². The molecule has 110 valence electrons. The van der Waals surface area contributed by atoms with Gasteiger partial charge < -0.3 is 9.47 Å². The van der Waals surface area contributed by atoms with Gasteiger partial charge >= 0.3 is 0 Å². The molecule has 2 heterocycles. The molecule has 5 heteroatoms. The number of imide groups is 1. The maximum absolute atomic E-state index is 12.4. The van der Waals surface area contributed by atoms with Crippen molar-refractivity contribution in [2.75, 3.05) is 13.2 Å². The zero-order chi connectivity index (χ0) is 15.1. The molecule has 2 aromatic rings. The fraction of sp³-hybridized carbons (Fsp3) is 0.176. The van der Waals surface area contributed by atoms with Crippen LogP contribution in [0.25, 0.3) is 0 Å². The number of rotatable bonds is 2. The lowest BCUT2D eigenvalue weighted by atomic mass is 10.1. The van der Waals surface area contributed by atoms with Crippen molar-refractivity contribution in [1.29, 1.82) is 0 Å². The molecule has 2 aromatic carbocycles. The third kappa shape index (κ3) is 1.86. The van der Waals surface area contributed by atoms with Crippen molar-refractivity contribution in [3.05, 3.63) is 59.2 Å². The average Bonchev–Trinajstić information content (AvgIpc) is 2.81. The van der Waals surface area contributed by atoms with Gasteiger partial charge in [0, 0.05) is 5.56 Å². The Morgan fingerprint density at radius 2 is 1.55 bits per heavy atom. The van der Waals surface area contributed by atoms with Crippen LogP contribution in [0.1, 0.15) is 26.3 Å². The number of hydrogen-bond donors (Lipinski definition) is 0. The standard InChI is InChI=1S/C17H13NO4/c19-16-12-5-1-2-6-13(12)17(20)18(16)10-11-4-3-7-14-15(11)22-9-8-21-14/h1-7H,8-10H2. The van der Waals surface area contributed by atoms with Crippen LogP contribution in [-0.2, 0) is 6.54 Å². The van der Waals surface area contributed by atoms with E-state index in [1.807, 2.05) is 18.2 Å². The molecule has 2 aliphatic rings. The van der Waals surface area contributed by atoms with Gasteiger partial charge in [0.15, 0.2) is 11.5 Å².